The molecule has 0 atom stereocenters. The smallest absolute Gasteiger partial charge is 0.318 e. The van der Waals surface area contributed by atoms with Crippen LogP contribution in [-0.2, 0) is 0 Å². The second-order valence-corrected chi connectivity index (χ2v) is 6.50. The van der Waals surface area contributed by atoms with Crippen molar-refractivity contribution in [3.63, 3.8) is 0 Å². The van der Waals surface area contributed by atoms with Crippen LogP contribution in [0.3, 0.4) is 0 Å². The minimum atomic E-state index is -0.463. The summed E-state index contributed by atoms with van der Waals surface area (Å²) in [7, 11) is 0. The molecule has 1 amide bonds. The predicted molar refractivity (Wildman–Crippen MR) is 80.0 cm³/mol. The summed E-state index contributed by atoms with van der Waals surface area (Å²) in [6, 6.07) is 0.405. The molecule has 3 heterocycles. The third-order valence-corrected chi connectivity index (χ3v) is 4.85. The molecule has 10 heteroatoms. The molecule has 1 N–H and O–H groups in total. The number of nitrogens with one attached hydrogen (secondary N) is 1. The molecular formula is C11H14N6O2S2. The number of hydrogen-bond donors (Lipinski definition) is 1. The van der Waals surface area contributed by atoms with E-state index >= 15 is 0 Å². The van der Waals surface area contributed by atoms with Crippen molar-refractivity contribution in [2.45, 2.75) is 23.6 Å². The van der Waals surface area contributed by atoms with Crippen LogP contribution in [0.1, 0.15) is 29.9 Å². The first-order valence-corrected chi connectivity index (χ1v) is 8.57. The number of carbonyl (C=O) groups is 1. The molecule has 2 aromatic heterocycles. The Morgan fingerprint density at radius 1 is 1.24 bits per heavy atom. The maximum Gasteiger partial charge on any atom is 0.318 e. The van der Waals surface area contributed by atoms with Crippen LogP contribution in [0.15, 0.2) is 8.76 Å². The second-order valence-electron chi connectivity index (χ2n) is 4.47. The van der Waals surface area contributed by atoms with E-state index in [-0.39, 0.29) is 5.89 Å². The van der Waals surface area contributed by atoms with Crippen molar-refractivity contribution >= 4 is 40.2 Å². The van der Waals surface area contributed by atoms with Gasteiger partial charge >= 0.3 is 17.8 Å². The van der Waals surface area contributed by atoms with Gasteiger partial charge in [-0.05, 0) is 25.5 Å². The topological polar surface area (TPSA) is 97.0 Å². The van der Waals surface area contributed by atoms with E-state index in [1.807, 2.05) is 11.2 Å². The van der Waals surface area contributed by atoms with E-state index in [1.165, 1.54) is 29.5 Å². The molecule has 112 valence electrons. The van der Waals surface area contributed by atoms with E-state index in [1.54, 1.807) is 0 Å². The quantitative estimate of drug-likeness (QED) is 0.672. The van der Waals surface area contributed by atoms with Crippen LogP contribution < -0.4 is 10.2 Å². The van der Waals surface area contributed by atoms with Crippen LogP contribution in [0.5, 0.6) is 0 Å². The van der Waals surface area contributed by atoms with Gasteiger partial charge in [-0.2, -0.15) is 0 Å². The third kappa shape index (κ3) is 3.32. The number of amides is 1. The maximum atomic E-state index is 12.0. The number of anilines is 2. The number of hydrogen-bond acceptors (Lipinski definition) is 9. The normalized spacial score (nSPS) is 15.2. The van der Waals surface area contributed by atoms with Gasteiger partial charge in [-0.25, -0.2) is 0 Å². The summed E-state index contributed by atoms with van der Waals surface area (Å²) < 4.78 is 6.22. The first-order valence-electron chi connectivity index (χ1n) is 6.53. The summed E-state index contributed by atoms with van der Waals surface area (Å²) >= 11 is 2.77. The highest BCUT2D eigenvalue weighted by Crippen LogP contribution is 2.24. The van der Waals surface area contributed by atoms with Crippen molar-refractivity contribution in [1.82, 2.24) is 20.4 Å². The molecule has 1 aliphatic heterocycles. The fourth-order valence-corrected chi connectivity index (χ4v) is 3.18. The lowest BCUT2D eigenvalue weighted by molar-refractivity contribution is 0.0990. The number of piperidine rings is 1. The number of carbonyl (C=O) groups excluding carboxylic acids is 1. The standard InChI is InChI=1S/C11H14N6O2S2/c1-20-11-16-14-9(21-11)12-7(18)8-13-15-10(19-8)17-5-3-2-4-6-17/h2-6H2,1H3,(H,12,14,18). The zero-order valence-electron chi connectivity index (χ0n) is 11.4. The monoisotopic (exact) mass is 326 g/mol. The molecular weight excluding hydrogens is 312 g/mol. The Kier molecular flexibility index (Phi) is 4.34. The first-order chi connectivity index (χ1) is 10.3. The molecule has 0 spiro atoms. The Labute approximate surface area is 129 Å². The van der Waals surface area contributed by atoms with Gasteiger partial charge in [-0.1, -0.05) is 28.2 Å². The lowest BCUT2D eigenvalue weighted by Gasteiger charge is -2.23. The molecule has 2 aromatic rings. The highest BCUT2D eigenvalue weighted by Gasteiger charge is 2.21. The Morgan fingerprint density at radius 2 is 2.05 bits per heavy atom. The molecule has 8 nitrogen and oxygen atoms in total. The average Bonchev–Trinajstić information content (AvgIpc) is 3.17. The summed E-state index contributed by atoms with van der Waals surface area (Å²) in [5.74, 6) is -0.522. The Balaban J connectivity index is 1.66. The van der Waals surface area contributed by atoms with E-state index in [0.29, 0.717) is 11.1 Å². The van der Waals surface area contributed by atoms with Gasteiger partial charge in [-0.3, -0.25) is 10.1 Å². The Bertz CT molecular complexity index is 622. The highest BCUT2D eigenvalue weighted by atomic mass is 32.2. The van der Waals surface area contributed by atoms with Gasteiger partial charge in [0.2, 0.25) is 5.13 Å². The molecule has 1 aliphatic rings. The van der Waals surface area contributed by atoms with Crippen molar-refractivity contribution in [3.8, 4) is 0 Å². The van der Waals surface area contributed by atoms with Crippen molar-refractivity contribution in [3.05, 3.63) is 5.89 Å². The van der Waals surface area contributed by atoms with Gasteiger partial charge in [0.25, 0.3) is 0 Å². The van der Waals surface area contributed by atoms with Gasteiger partial charge in [0.1, 0.15) is 0 Å². The van der Waals surface area contributed by atoms with Gasteiger partial charge in [-0.15, -0.1) is 15.3 Å². The fourth-order valence-electron chi connectivity index (χ4n) is 2.01. The van der Waals surface area contributed by atoms with Gasteiger partial charge in [0, 0.05) is 13.1 Å². The average molecular weight is 326 g/mol. The molecule has 0 bridgehead atoms. The SMILES string of the molecule is CSc1nnc(NC(=O)c2nnc(N3CCCCC3)o2)s1. The molecule has 0 radical (unpaired) electrons. The van der Waals surface area contributed by atoms with Crippen molar-refractivity contribution in [2.24, 2.45) is 0 Å². The summed E-state index contributed by atoms with van der Waals surface area (Å²) in [5, 5.41) is 18.5. The highest BCUT2D eigenvalue weighted by molar-refractivity contribution is 8.00. The van der Waals surface area contributed by atoms with Crippen LogP contribution in [-0.4, -0.2) is 45.6 Å². The zero-order valence-corrected chi connectivity index (χ0v) is 13.0. The van der Waals surface area contributed by atoms with E-state index in [4.69, 9.17) is 4.42 Å². The van der Waals surface area contributed by atoms with Gasteiger partial charge < -0.3 is 9.32 Å². The maximum absolute atomic E-state index is 12.0. The van der Waals surface area contributed by atoms with E-state index in [9.17, 15) is 4.79 Å². The minimum absolute atomic E-state index is 0.0588. The van der Waals surface area contributed by atoms with Gasteiger partial charge in [0.15, 0.2) is 4.34 Å². The molecule has 21 heavy (non-hydrogen) atoms. The number of aromatic nitrogens is 4. The van der Waals surface area contributed by atoms with Crippen molar-refractivity contribution < 1.29 is 9.21 Å². The molecule has 0 saturated carbocycles. The lowest BCUT2D eigenvalue weighted by atomic mass is 10.1. The van der Waals surface area contributed by atoms with Crippen molar-refractivity contribution in [2.75, 3.05) is 29.6 Å². The van der Waals surface area contributed by atoms with Crippen LogP contribution >= 0.6 is 23.1 Å². The number of rotatable bonds is 4. The Hall–Kier alpha value is -1.68. The van der Waals surface area contributed by atoms with Crippen LogP contribution in [0, 0.1) is 0 Å². The lowest BCUT2D eigenvalue weighted by Crippen LogP contribution is -2.29. The van der Waals surface area contributed by atoms with E-state index in [2.05, 4.69) is 25.7 Å². The van der Waals surface area contributed by atoms with Crippen LogP contribution in [0.4, 0.5) is 11.1 Å². The second kappa shape index (κ2) is 6.39. The summed E-state index contributed by atoms with van der Waals surface area (Å²) in [4.78, 5) is 14.0. The molecule has 1 saturated heterocycles. The first kappa shape index (κ1) is 14.3. The van der Waals surface area contributed by atoms with E-state index in [0.717, 1.165) is 30.3 Å². The molecule has 0 aromatic carbocycles. The fraction of sp³-hybridized carbons (Fsp3) is 0.545. The Morgan fingerprint density at radius 3 is 2.76 bits per heavy atom. The number of nitrogens with zero attached hydrogens (tertiary/aromatic N) is 5. The molecule has 0 unspecified atom stereocenters. The summed E-state index contributed by atoms with van der Waals surface area (Å²) in [6.45, 7) is 1.77. The van der Waals surface area contributed by atoms with Crippen LogP contribution in [0.2, 0.25) is 0 Å². The molecule has 1 fully saturated rings. The van der Waals surface area contributed by atoms with E-state index < -0.39 is 5.91 Å². The molecule has 0 aliphatic carbocycles. The molecule has 3 rings (SSSR count). The largest absolute Gasteiger partial charge is 0.399 e. The minimum Gasteiger partial charge on any atom is -0.399 e. The predicted octanol–water partition coefficient (Wildman–Crippen LogP) is 1.89. The van der Waals surface area contributed by atoms with Crippen LogP contribution in [0.25, 0.3) is 0 Å². The summed E-state index contributed by atoms with van der Waals surface area (Å²) in [5.41, 5.74) is 0. The van der Waals surface area contributed by atoms with Gasteiger partial charge in [0.05, 0.1) is 0 Å². The summed E-state index contributed by atoms with van der Waals surface area (Å²) in [6.07, 6.45) is 5.32. The number of thioether (sulfide) groups is 1. The zero-order chi connectivity index (χ0) is 14.7. The van der Waals surface area contributed by atoms with Crippen molar-refractivity contribution in [1.29, 1.82) is 0 Å². The third-order valence-electron chi connectivity index (χ3n) is 3.04.